The Balaban J connectivity index is 0.00000225. The maximum absolute atomic E-state index is 6.23. The molecule has 2 heterocycles. The van der Waals surface area contributed by atoms with E-state index < -0.39 is 0 Å². The van der Waals surface area contributed by atoms with Gasteiger partial charge >= 0.3 is 0 Å². The lowest BCUT2D eigenvalue weighted by Gasteiger charge is -2.04. The van der Waals surface area contributed by atoms with Crippen LogP contribution in [-0.4, -0.2) is 28.2 Å². The van der Waals surface area contributed by atoms with Crippen LogP contribution in [0.4, 0.5) is 0 Å². The van der Waals surface area contributed by atoms with Crippen molar-refractivity contribution in [3.63, 3.8) is 0 Å². The van der Waals surface area contributed by atoms with Gasteiger partial charge in [-0.05, 0) is 32.2 Å². The van der Waals surface area contributed by atoms with E-state index in [2.05, 4.69) is 27.4 Å². The van der Waals surface area contributed by atoms with Crippen LogP contribution in [0.15, 0.2) is 28.1 Å². The van der Waals surface area contributed by atoms with Gasteiger partial charge in [-0.25, -0.2) is 4.98 Å². The summed E-state index contributed by atoms with van der Waals surface area (Å²) >= 11 is 13.7. The third kappa shape index (κ3) is 5.15. The fourth-order valence-electron chi connectivity index (χ4n) is 2.15. The molecule has 0 saturated carbocycles. The minimum atomic E-state index is 0. The molecule has 1 N–H and O–H groups in total. The maximum atomic E-state index is 6.23. The third-order valence-corrected chi connectivity index (χ3v) is 5.01. The number of hydrogen-bond acceptors (Lipinski definition) is 6. The number of thiazole rings is 1. The third-order valence-electron chi connectivity index (χ3n) is 3.54. The van der Waals surface area contributed by atoms with Crippen molar-refractivity contribution in [3.8, 4) is 10.6 Å². The molecule has 0 aliphatic heterocycles. The fourth-order valence-corrected chi connectivity index (χ4v) is 3.56. The average Bonchev–Trinajstić information content (AvgIpc) is 3.17. The molecule has 0 aliphatic rings. The molecular weight excluding hydrogens is 403 g/mol. The molecule has 3 rings (SSSR count). The summed E-state index contributed by atoms with van der Waals surface area (Å²) in [5.74, 6) is 1.26. The molecule has 1 atom stereocenters. The van der Waals surface area contributed by atoms with E-state index >= 15 is 0 Å². The largest absolute Gasteiger partial charge is 0.339 e. The van der Waals surface area contributed by atoms with E-state index in [1.54, 1.807) is 12.1 Å². The summed E-state index contributed by atoms with van der Waals surface area (Å²) in [6, 6.07) is 5.69. The number of benzene rings is 1. The second kappa shape index (κ2) is 8.96. The first-order valence-electron chi connectivity index (χ1n) is 7.43. The lowest BCUT2D eigenvalue weighted by Crippen LogP contribution is -2.24. The van der Waals surface area contributed by atoms with Crippen molar-refractivity contribution in [2.75, 3.05) is 7.05 Å². The van der Waals surface area contributed by atoms with Gasteiger partial charge in [0, 0.05) is 28.4 Å². The van der Waals surface area contributed by atoms with Crippen LogP contribution in [0.5, 0.6) is 0 Å². The molecule has 9 heteroatoms. The highest BCUT2D eigenvalue weighted by molar-refractivity contribution is 7.13. The normalized spacial score (nSPS) is 12.0. The monoisotopic (exact) mass is 418 g/mol. The molecule has 0 spiro atoms. The second-order valence-corrected chi connectivity index (χ2v) is 7.14. The smallest absolute Gasteiger partial charge is 0.232 e. The van der Waals surface area contributed by atoms with Crippen molar-refractivity contribution in [2.24, 2.45) is 0 Å². The predicted molar refractivity (Wildman–Crippen MR) is 104 cm³/mol. The number of nitrogens with zero attached hydrogens (tertiary/aromatic N) is 3. The van der Waals surface area contributed by atoms with Gasteiger partial charge in [0.25, 0.3) is 0 Å². The topological polar surface area (TPSA) is 63.8 Å². The SMILES string of the molecule is CNC(C)Cc1noc(Cc2csc(-c3ccc(Cl)cc3Cl)n2)n1.Cl. The van der Waals surface area contributed by atoms with Gasteiger partial charge in [0.15, 0.2) is 5.82 Å². The number of rotatable bonds is 6. The first kappa shape index (κ1) is 20.1. The molecule has 0 fully saturated rings. The van der Waals surface area contributed by atoms with Gasteiger partial charge in [0.1, 0.15) is 5.01 Å². The molecule has 3 aromatic rings. The first-order valence-corrected chi connectivity index (χ1v) is 9.07. The highest BCUT2D eigenvalue weighted by atomic mass is 35.5. The van der Waals surface area contributed by atoms with Crippen molar-refractivity contribution < 1.29 is 4.52 Å². The Labute approximate surface area is 166 Å². The van der Waals surface area contributed by atoms with E-state index in [4.69, 9.17) is 27.7 Å². The Morgan fingerprint density at radius 3 is 2.80 bits per heavy atom. The van der Waals surface area contributed by atoms with E-state index in [1.807, 2.05) is 18.5 Å². The summed E-state index contributed by atoms with van der Waals surface area (Å²) in [5.41, 5.74) is 1.74. The summed E-state index contributed by atoms with van der Waals surface area (Å²) in [4.78, 5) is 9.01. The fraction of sp³-hybridized carbons (Fsp3) is 0.312. The molecule has 0 radical (unpaired) electrons. The van der Waals surface area contributed by atoms with E-state index in [0.29, 0.717) is 34.2 Å². The zero-order valence-corrected chi connectivity index (χ0v) is 16.8. The second-order valence-electron chi connectivity index (χ2n) is 5.44. The highest BCUT2D eigenvalue weighted by Crippen LogP contribution is 2.32. The van der Waals surface area contributed by atoms with Crippen LogP contribution < -0.4 is 5.32 Å². The standard InChI is InChI=1S/C16H16Cl2N4OS.ClH/c1-9(19-2)5-14-21-15(23-22-14)7-11-8-24-16(20-11)12-4-3-10(17)6-13(12)18;/h3-4,6,8-9,19H,5,7H2,1-2H3;1H. The lowest BCUT2D eigenvalue weighted by molar-refractivity contribution is 0.376. The highest BCUT2D eigenvalue weighted by Gasteiger charge is 2.13. The van der Waals surface area contributed by atoms with Crippen molar-refractivity contribution in [1.29, 1.82) is 0 Å². The molecule has 0 bridgehead atoms. The van der Waals surface area contributed by atoms with E-state index in [0.717, 1.165) is 22.7 Å². The summed E-state index contributed by atoms with van der Waals surface area (Å²) in [6.07, 6.45) is 1.23. The summed E-state index contributed by atoms with van der Waals surface area (Å²) in [5, 5.41) is 11.2. The molecule has 25 heavy (non-hydrogen) atoms. The molecule has 2 aromatic heterocycles. The molecule has 0 aliphatic carbocycles. The number of hydrogen-bond donors (Lipinski definition) is 1. The van der Waals surface area contributed by atoms with Crippen LogP contribution in [-0.2, 0) is 12.8 Å². The van der Waals surface area contributed by atoms with Crippen molar-refractivity contribution >= 4 is 46.9 Å². The number of aromatic nitrogens is 3. The van der Waals surface area contributed by atoms with Crippen molar-refractivity contribution in [3.05, 3.63) is 51.0 Å². The van der Waals surface area contributed by atoms with Crippen molar-refractivity contribution in [1.82, 2.24) is 20.4 Å². The van der Waals surface area contributed by atoms with E-state index in [-0.39, 0.29) is 12.4 Å². The van der Waals surface area contributed by atoms with Gasteiger partial charge in [-0.15, -0.1) is 23.7 Å². The van der Waals surface area contributed by atoms with Gasteiger partial charge in [0.2, 0.25) is 5.89 Å². The van der Waals surface area contributed by atoms with Crippen LogP contribution in [0, 0.1) is 0 Å². The quantitative estimate of drug-likeness (QED) is 0.629. The molecule has 134 valence electrons. The number of halogens is 3. The molecule has 1 unspecified atom stereocenters. The lowest BCUT2D eigenvalue weighted by atomic mass is 10.2. The van der Waals surface area contributed by atoms with Crippen LogP contribution in [0.2, 0.25) is 10.0 Å². The number of nitrogens with one attached hydrogen (secondary N) is 1. The summed E-state index contributed by atoms with van der Waals surface area (Å²) in [6.45, 7) is 2.07. The molecule has 5 nitrogen and oxygen atoms in total. The Hall–Kier alpha value is -1.18. The van der Waals surface area contributed by atoms with Crippen LogP contribution in [0.25, 0.3) is 10.6 Å². The predicted octanol–water partition coefficient (Wildman–Crippen LogP) is 4.66. The Morgan fingerprint density at radius 2 is 2.08 bits per heavy atom. The zero-order valence-electron chi connectivity index (χ0n) is 13.6. The van der Waals surface area contributed by atoms with Crippen molar-refractivity contribution in [2.45, 2.75) is 25.8 Å². The molecule has 0 saturated heterocycles. The minimum absolute atomic E-state index is 0. The summed E-state index contributed by atoms with van der Waals surface area (Å²) < 4.78 is 5.30. The number of likely N-dealkylation sites (N-methyl/N-ethyl adjacent to an activating group) is 1. The first-order chi connectivity index (χ1) is 11.5. The van der Waals surface area contributed by atoms with Gasteiger partial charge in [0.05, 0.1) is 17.1 Å². The van der Waals surface area contributed by atoms with Crippen LogP contribution in [0.3, 0.4) is 0 Å². The zero-order chi connectivity index (χ0) is 17.1. The van der Waals surface area contributed by atoms with Gasteiger partial charge in [-0.3, -0.25) is 0 Å². The van der Waals surface area contributed by atoms with E-state index in [1.165, 1.54) is 11.3 Å². The van der Waals surface area contributed by atoms with Crippen LogP contribution >= 0.6 is 46.9 Å². The Bertz CT molecular complexity index is 836. The van der Waals surface area contributed by atoms with Crippen LogP contribution in [0.1, 0.15) is 24.3 Å². The minimum Gasteiger partial charge on any atom is -0.339 e. The molecule has 1 aromatic carbocycles. The van der Waals surface area contributed by atoms with Gasteiger partial charge in [-0.1, -0.05) is 28.4 Å². The Morgan fingerprint density at radius 1 is 1.28 bits per heavy atom. The van der Waals surface area contributed by atoms with Gasteiger partial charge < -0.3 is 9.84 Å². The molecular formula is C16H17Cl3N4OS. The maximum Gasteiger partial charge on any atom is 0.232 e. The average molecular weight is 420 g/mol. The van der Waals surface area contributed by atoms with E-state index in [9.17, 15) is 0 Å². The molecule has 0 amide bonds. The Kier molecular flexibility index (Phi) is 7.22. The van der Waals surface area contributed by atoms with Gasteiger partial charge in [-0.2, -0.15) is 4.98 Å². The summed E-state index contributed by atoms with van der Waals surface area (Å²) in [7, 11) is 1.91.